The molecule has 0 fully saturated rings. The van der Waals surface area contributed by atoms with Crippen molar-refractivity contribution in [1.29, 1.82) is 0 Å². The summed E-state index contributed by atoms with van der Waals surface area (Å²) in [5, 5.41) is 17.3. The molecule has 0 aliphatic rings. The van der Waals surface area contributed by atoms with Crippen LogP contribution < -0.4 is 11.5 Å². The molecule has 0 aromatic carbocycles. The standard InChI is InChI=1S/C12H21N3O6/c1-6(2)10(14)12(21)15(5-9(18)19)11(20)7(13)3-4-8(16)17/h6-7,10H,3-5,13-14H2,1-2H3,(H,16,17)(H,18,19)/t7-,10-/m0/s1. The van der Waals surface area contributed by atoms with Crippen LogP contribution in [-0.2, 0) is 19.2 Å². The molecule has 0 spiro atoms. The van der Waals surface area contributed by atoms with Crippen molar-refractivity contribution < 1.29 is 29.4 Å². The second-order valence-electron chi connectivity index (χ2n) is 4.97. The van der Waals surface area contributed by atoms with E-state index in [-0.39, 0.29) is 18.8 Å². The molecule has 0 aliphatic carbocycles. The first-order chi connectivity index (χ1) is 9.57. The lowest BCUT2D eigenvalue weighted by Gasteiger charge is -2.26. The molecular weight excluding hydrogens is 282 g/mol. The van der Waals surface area contributed by atoms with Gasteiger partial charge in [0.15, 0.2) is 0 Å². The lowest BCUT2D eigenvalue weighted by molar-refractivity contribution is -0.154. The lowest BCUT2D eigenvalue weighted by atomic mass is 10.0. The second kappa shape index (κ2) is 8.32. The third kappa shape index (κ3) is 6.32. The van der Waals surface area contributed by atoms with E-state index in [4.69, 9.17) is 21.7 Å². The first kappa shape index (κ1) is 19.0. The maximum atomic E-state index is 12.0. The van der Waals surface area contributed by atoms with Crippen LogP contribution in [0.15, 0.2) is 0 Å². The average Bonchev–Trinajstić information content (AvgIpc) is 2.39. The number of carboxylic acids is 2. The van der Waals surface area contributed by atoms with E-state index in [2.05, 4.69) is 0 Å². The highest BCUT2D eigenvalue weighted by molar-refractivity contribution is 6.02. The second-order valence-corrected chi connectivity index (χ2v) is 4.97. The minimum Gasteiger partial charge on any atom is -0.481 e. The molecule has 0 rings (SSSR count). The van der Waals surface area contributed by atoms with Gasteiger partial charge in [0, 0.05) is 6.42 Å². The van der Waals surface area contributed by atoms with Gasteiger partial charge in [0.05, 0.1) is 12.1 Å². The predicted molar refractivity (Wildman–Crippen MR) is 72.0 cm³/mol. The van der Waals surface area contributed by atoms with E-state index in [0.29, 0.717) is 4.90 Å². The topological polar surface area (TPSA) is 164 Å². The summed E-state index contributed by atoms with van der Waals surface area (Å²) in [5.41, 5.74) is 11.1. The fourth-order valence-corrected chi connectivity index (χ4v) is 1.47. The van der Waals surface area contributed by atoms with Crippen LogP contribution in [0.25, 0.3) is 0 Å². The SMILES string of the molecule is CC(C)[C@H](N)C(=O)N(CC(=O)O)C(=O)[C@@H](N)CCC(=O)O. The number of aliphatic carboxylic acids is 2. The Kier molecular flexibility index (Phi) is 7.53. The van der Waals surface area contributed by atoms with Gasteiger partial charge in [-0.05, 0) is 12.3 Å². The van der Waals surface area contributed by atoms with E-state index in [1.807, 2.05) is 0 Å². The zero-order valence-corrected chi connectivity index (χ0v) is 12.0. The molecule has 21 heavy (non-hydrogen) atoms. The maximum Gasteiger partial charge on any atom is 0.323 e. The molecule has 0 saturated heterocycles. The normalized spacial score (nSPS) is 13.6. The van der Waals surface area contributed by atoms with Crippen molar-refractivity contribution in [1.82, 2.24) is 4.90 Å². The molecule has 0 bridgehead atoms. The molecule has 9 nitrogen and oxygen atoms in total. The first-order valence-electron chi connectivity index (χ1n) is 6.37. The Morgan fingerprint density at radius 3 is 1.90 bits per heavy atom. The summed E-state index contributed by atoms with van der Waals surface area (Å²) in [6, 6.07) is -2.32. The minimum atomic E-state index is -1.39. The highest BCUT2D eigenvalue weighted by Gasteiger charge is 2.32. The molecular formula is C12H21N3O6. The van der Waals surface area contributed by atoms with Gasteiger partial charge >= 0.3 is 11.9 Å². The zero-order valence-electron chi connectivity index (χ0n) is 12.0. The summed E-state index contributed by atoms with van der Waals surface area (Å²) in [5.74, 6) is -4.62. The molecule has 0 radical (unpaired) electrons. The Morgan fingerprint density at radius 1 is 1.00 bits per heavy atom. The first-order valence-corrected chi connectivity index (χ1v) is 6.37. The van der Waals surface area contributed by atoms with E-state index in [0.717, 1.165) is 0 Å². The van der Waals surface area contributed by atoms with Crippen LogP contribution in [0, 0.1) is 5.92 Å². The molecule has 2 atom stereocenters. The van der Waals surface area contributed by atoms with Gasteiger partial charge in [-0.2, -0.15) is 0 Å². The van der Waals surface area contributed by atoms with Crippen LogP contribution in [0.2, 0.25) is 0 Å². The van der Waals surface area contributed by atoms with Crippen LogP contribution in [0.1, 0.15) is 26.7 Å². The quantitative estimate of drug-likeness (QED) is 0.425. The Bertz CT molecular complexity index is 423. The van der Waals surface area contributed by atoms with Crippen LogP contribution in [0.5, 0.6) is 0 Å². The third-order valence-corrected chi connectivity index (χ3v) is 2.82. The number of hydrogen-bond donors (Lipinski definition) is 4. The van der Waals surface area contributed by atoms with Crippen molar-refractivity contribution in [2.75, 3.05) is 6.54 Å². The van der Waals surface area contributed by atoms with E-state index < -0.39 is 42.4 Å². The fraction of sp³-hybridized carbons (Fsp3) is 0.667. The fourth-order valence-electron chi connectivity index (χ4n) is 1.47. The molecule has 120 valence electrons. The molecule has 0 aromatic rings. The van der Waals surface area contributed by atoms with Gasteiger partial charge in [-0.15, -0.1) is 0 Å². The number of carboxylic acid groups (broad SMARTS) is 2. The summed E-state index contributed by atoms with van der Waals surface area (Å²) in [4.78, 5) is 45.8. The highest BCUT2D eigenvalue weighted by Crippen LogP contribution is 2.07. The van der Waals surface area contributed by atoms with Crippen molar-refractivity contribution in [2.24, 2.45) is 17.4 Å². The zero-order chi connectivity index (χ0) is 16.7. The minimum absolute atomic E-state index is 0.200. The molecule has 9 heteroatoms. The molecule has 0 aromatic heterocycles. The molecule has 0 heterocycles. The largest absolute Gasteiger partial charge is 0.481 e. The summed E-state index contributed by atoms with van der Waals surface area (Å²) in [6.45, 7) is 2.44. The van der Waals surface area contributed by atoms with Crippen LogP contribution >= 0.6 is 0 Å². The smallest absolute Gasteiger partial charge is 0.323 e. The van der Waals surface area contributed by atoms with Gasteiger partial charge < -0.3 is 21.7 Å². The number of carbonyl (C=O) groups is 4. The summed E-state index contributed by atoms with van der Waals surface area (Å²) >= 11 is 0. The van der Waals surface area contributed by atoms with Gasteiger partial charge in [0.2, 0.25) is 11.8 Å². The van der Waals surface area contributed by atoms with Gasteiger partial charge in [-0.1, -0.05) is 13.8 Å². The number of nitrogens with two attached hydrogens (primary N) is 2. The van der Waals surface area contributed by atoms with E-state index in [9.17, 15) is 19.2 Å². The Morgan fingerprint density at radius 2 is 1.52 bits per heavy atom. The summed E-state index contributed by atoms with van der Waals surface area (Å²) in [6.07, 6.45) is -0.563. The van der Waals surface area contributed by atoms with Crippen molar-refractivity contribution in [3.63, 3.8) is 0 Å². The number of carbonyl (C=O) groups excluding carboxylic acids is 2. The van der Waals surface area contributed by atoms with E-state index >= 15 is 0 Å². The molecule has 2 amide bonds. The van der Waals surface area contributed by atoms with Crippen molar-refractivity contribution in [3.05, 3.63) is 0 Å². The monoisotopic (exact) mass is 303 g/mol. The van der Waals surface area contributed by atoms with Crippen LogP contribution in [-0.4, -0.2) is 57.5 Å². The van der Waals surface area contributed by atoms with Gasteiger partial charge in [0.25, 0.3) is 0 Å². The van der Waals surface area contributed by atoms with Gasteiger partial charge in [-0.3, -0.25) is 24.1 Å². The Hall–Kier alpha value is -2.00. The Labute approximate surface area is 121 Å². The highest BCUT2D eigenvalue weighted by atomic mass is 16.4. The number of rotatable bonds is 8. The van der Waals surface area contributed by atoms with Crippen molar-refractivity contribution in [3.8, 4) is 0 Å². The van der Waals surface area contributed by atoms with Crippen LogP contribution in [0.3, 0.4) is 0 Å². The maximum absolute atomic E-state index is 12.0. The average molecular weight is 303 g/mol. The van der Waals surface area contributed by atoms with Crippen molar-refractivity contribution in [2.45, 2.75) is 38.8 Å². The Balaban J connectivity index is 5.04. The third-order valence-electron chi connectivity index (χ3n) is 2.82. The number of amides is 2. The number of nitrogens with zero attached hydrogens (tertiary/aromatic N) is 1. The van der Waals surface area contributed by atoms with Crippen molar-refractivity contribution >= 4 is 23.8 Å². The molecule has 0 saturated carbocycles. The van der Waals surface area contributed by atoms with E-state index in [1.165, 1.54) is 0 Å². The molecule has 6 N–H and O–H groups in total. The predicted octanol–water partition coefficient (Wildman–Crippen LogP) is -1.40. The summed E-state index contributed by atoms with van der Waals surface area (Å²) in [7, 11) is 0. The molecule has 0 unspecified atom stereocenters. The molecule has 0 aliphatic heterocycles. The number of hydrogen-bond acceptors (Lipinski definition) is 6. The van der Waals surface area contributed by atoms with Gasteiger partial charge in [0.1, 0.15) is 6.54 Å². The van der Waals surface area contributed by atoms with E-state index in [1.54, 1.807) is 13.8 Å². The number of imide groups is 1. The van der Waals surface area contributed by atoms with Crippen LogP contribution in [0.4, 0.5) is 0 Å². The summed E-state index contributed by atoms with van der Waals surface area (Å²) < 4.78 is 0. The lowest BCUT2D eigenvalue weighted by Crippen LogP contribution is -2.55. The van der Waals surface area contributed by atoms with Gasteiger partial charge in [-0.25, -0.2) is 0 Å².